The van der Waals surface area contributed by atoms with Gasteiger partial charge in [0.25, 0.3) is 0 Å². The fraction of sp³-hybridized carbons (Fsp3) is 0.467. The van der Waals surface area contributed by atoms with Crippen LogP contribution in [0.15, 0.2) is 6.20 Å². The number of hydrogen-bond donors (Lipinski definition) is 2. The van der Waals surface area contributed by atoms with Crippen molar-refractivity contribution in [3.63, 3.8) is 0 Å². The summed E-state index contributed by atoms with van der Waals surface area (Å²) in [4.78, 5) is 14.2. The Morgan fingerprint density at radius 3 is 2.78 bits per heavy atom. The number of unbranched alkanes of at least 4 members (excludes halogenated alkanes) is 1. The van der Waals surface area contributed by atoms with Crippen LogP contribution in [0.25, 0.3) is 11.0 Å². The van der Waals surface area contributed by atoms with Crippen molar-refractivity contribution in [1.29, 1.82) is 0 Å². The van der Waals surface area contributed by atoms with E-state index in [2.05, 4.69) is 32.3 Å². The first-order valence-electron chi connectivity index (χ1n) is 7.74. The lowest BCUT2D eigenvalue weighted by atomic mass is 10.3. The standard InChI is InChI=1S/C15H21N7S/c1-4-5-6-17-14-13-11(19-15(16)20-14)7-22(21-13)8-12-9(2)18-10(3)23-12/h7H,4-6,8H2,1-3H3,(H3,16,17,19,20). The topological polar surface area (TPSA) is 94.5 Å². The fourth-order valence-corrected chi connectivity index (χ4v) is 3.36. The van der Waals surface area contributed by atoms with Gasteiger partial charge < -0.3 is 11.1 Å². The van der Waals surface area contributed by atoms with Gasteiger partial charge >= 0.3 is 0 Å². The van der Waals surface area contributed by atoms with E-state index in [1.807, 2.05) is 24.7 Å². The lowest BCUT2D eigenvalue weighted by molar-refractivity contribution is 0.699. The van der Waals surface area contributed by atoms with E-state index in [1.165, 1.54) is 4.88 Å². The van der Waals surface area contributed by atoms with Gasteiger partial charge in [-0.15, -0.1) is 11.3 Å². The van der Waals surface area contributed by atoms with E-state index >= 15 is 0 Å². The van der Waals surface area contributed by atoms with Crippen LogP contribution in [0.4, 0.5) is 11.8 Å². The zero-order valence-electron chi connectivity index (χ0n) is 13.6. The summed E-state index contributed by atoms with van der Waals surface area (Å²) in [5.41, 5.74) is 8.38. The summed E-state index contributed by atoms with van der Waals surface area (Å²) in [6.45, 7) is 7.73. The highest BCUT2D eigenvalue weighted by Gasteiger charge is 2.12. The van der Waals surface area contributed by atoms with Crippen LogP contribution in [0.2, 0.25) is 0 Å². The Labute approximate surface area is 139 Å². The van der Waals surface area contributed by atoms with Crippen molar-refractivity contribution in [3.05, 3.63) is 21.8 Å². The molecule has 0 saturated carbocycles. The van der Waals surface area contributed by atoms with Crippen LogP contribution in [-0.2, 0) is 6.54 Å². The van der Waals surface area contributed by atoms with E-state index in [4.69, 9.17) is 5.73 Å². The quantitative estimate of drug-likeness (QED) is 0.674. The number of thiazole rings is 1. The first kappa shape index (κ1) is 15.7. The minimum atomic E-state index is 0.265. The van der Waals surface area contributed by atoms with Crippen molar-refractivity contribution in [1.82, 2.24) is 24.7 Å². The predicted molar refractivity (Wildman–Crippen MR) is 93.8 cm³/mol. The molecule has 0 aliphatic rings. The third kappa shape index (κ3) is 3.42. The number of fused-ring (bicyclic) bond motifs is 1. The molecular weight excluding hydrogens is 310 g/mol. The number of nitrogens with one attached hydrogen (secondary N) is 1. The van der Waals surface area contributed by atoms with Gasteiger partial charge in [-0.25, -0.2) is 9.97 Å². The lowest BCUT2D eigenvalue weighted by Crippen LogP contribution is -2.06. The maximum Gasteiger partial charge on any atom is 0.222 e. The van der Waals surface area contributed by atoms with Gasteiger partial charge in [0, 0.05) is 11.4 Å². The predicted octanol–water partition coefficient (Wildman–Crippen LogP) is 2.74. The molecule has 8 heteroatoms. The molecule has 122 valence electrons. The largest absolute Gasteiger partial charge is 0.368 e. The SMILES string of the molecule is CCCCNc1nc(N)nc2cn(Cc3sc(C)nc3C)nc12. The van der Waals surface area contributed by atoms with Crippen LogP contribution in [-0.4, -0.2) is 31.3 Å². The molecule has 3 aromatic rings. The average molecular weight is 331 g/mol. The Morgan fingerprint density at radius 1 is 1.26 bits per heavy atom. The summed E-state index contributed by atoms with van der Waals surface area (Å²) in [5.74, 6) is 0.970. The summed E-state index contributed by atoms with van der Waals surface area (Å²) in [5, 5.41) is 9.01. The van der Waals surface area contributed by atoms with Crippen LogP contribution >= 0.6 is 11.3 Å². The van der Waals surface area contributed by atoms with Crippen LogP contribution in [0.1, 0.15) is 35.3 Å². The Morgan fingerprint density at radius 2 is 2.09 bits per heavy atom. The van der Waals surface area contributed by atoms with Gasteiger partial charge in [0.2, 0.25) is 5.95 Å². The van der Waals surface area contributed by atoms with Gasteiger partial charge in [-0.1, -0.05) is 13.3 Å². The Hall–Kier alpha value is -2.22. The van der Waals surface area contributed by atoms with Crippen molar-refractivity contribution < 1.29 is 0 Å². The molecule has 0 aromatic carbocycles. The number of rotatable bonds is 6. The van der Waals surface area contributed by atoms with Crippen LogP contribution in [0, 0.1) is 13.8 Å². The van der Waals surface area contributed by atoms with Crippen molar-refractivity contribution in [2.24, 2.45) is 0 Å². The fourth-order valence-electron chi connectivity index (χ4n) is 2.43. The van der Waals surface area contributed by atoms with Gasteiger partial charge in [0.05, 0.1) is 23.4 Å². The van der Waals surface area contributed by atoms with Crippen molar-refractivity contribution >= 4 is 34.1 Å². The zero-order chi connectivity index (χ0) is 16.4. The number of nitrogens with zero attached hydrogens (tertiary/aromatic N) is 5. The van der Waals surface area contributed by atoms with E-state index in [1.54, 1.807) is 11.3 Å². The highest BCUT2D eigenvalue weighted by Crippen LogP contribution is 2.22. The van der Waals surface area contributed by atoms with Crippen molar-refractivity contribution in [2.45, 2.75) is 40.2 Å². The molecule has 3 N–H and O–H groups in total. The molecule has 7 nitrogen and oxygen atoms in total. The second kappa shape index (κ2) is 6.49. The third-order valence-electron chi connectivity index (χ3n) is 3.56. The van der Waals surface area contributed by atoms with Crippen LogP contribution in [0.5, 0.6) is 0 Å². The molecule has 0 amide bonds. The lowest BCUT2D eigenvalue weighted by Gasteiger charge is -2.05. The Balaban J connectivity index is 1.91. The van der Waals surface area contributed by atoms with E-state index < -0.39 is 0 Å². The normalized spacial score (nSPS) is 11.3. The highest BCUT2D eigenvalue weighted by molar-refractivity contribution is 7.11. The molecule has 0 atom stereocenters. The number of hydrogen-bond acceptors (Lipinski definition) is 7. The minimum Gasteiger partial charge on any atom is -0.368 e. The van der Waals surface area contributed by atoms with Gasteiger partial charge in [0.15, 0.2) is 11.3 Å². The molecule has 3 heterocycles. The van der Waals surface area contributed by atoms with E-state index in [0.717, 1.165) is 41.1 Å². The monoisotopic (exact) mass is 331 g/mol. The number of anilines is 2. The summed E-state index contributed by atoms with van der Waals surface area (Å²) >= 11 is 1.70. The van der Waals surface area contributed by atoms with E-state index in [-0.39, 0.29) is 5.95 Å². The second-order valence-corrected chi connectivity index (χ2v) is 6.80. The van der Waals surface area contributed by atoms with Crippen LogP contribution in [0.3, 0.4) is 0 Å². The average Bonchev–Trinajstić information content (AvgIpc) is 3.02. The second-order valence-electron chi connectivity index (χ2n) is 5.51. The highest BCUT2D eigenvalue weighted by atomic mass is 32.1. The molecule has 0 aliphatic carbocycles. The number of aromatic nitrogens is 5. The Kier molecular flexibility index (Phi) is 4.42. The third-order valence-corrected chi connectivity index (χ3v) is 4.61. The van der Waals surface area contributed by atoms with E-state index in [9.17, 15) is 0 Å². The smallest absolute Gasteiger partial charge is 0.222 e. The molecule has 23 heavy (non-hydrogen) atoms. The minimum absolute atomic E-state index is 0.265. The summed E-state index contributed by atoms with van der Waals surface area (Å²) in [6, 6.07) is 0. The van der Waals surface area contributed by atoms with Crippen LogP contribution < -0.4 is 11.1 Å². The molecule has 3 rings (SSSR count). The maximum absolute atomic E-state index is 5.81. The number of aryl methyl sites for hydroxylation is 2. The molecule has 0 radical (unpaired) electrons. The van der Waals surface area contributed by atoms with Gasteiger partial charge in [-0.05, 0) is 20.3 Å². The van der Waals surface area contributed by atoms with E-state index in [0.29, 0.717) is 12.4 Å². The van der Waals surface area contributed by atoms with Crippen molar-refractivity contribution in [3.8, 4) is 0 Å². The van der Waals surface area contributed by atoms with Gasteiger partial charge in [-0.3, -0.25) is 4.68 Å². The maximum atomic E-state index is 5.81. The molecule has 0 aliphatic heterocycles. The molecular formula is C15H21N7S. The Bertz CT molecular complexity index is 821. The molecule has 0 unspecified atom stereocenters. The summed E-state index contributed by atoms with van der Waals surface area (Å²) in [7, 11) is 0. The van der Waals surface area contributed by atoms with Crippen molar-refractivity contribution in [2.75, 3.05) is 17.6 Å². The molecule has 0 saturated heterocycles. The number of nitrogen functional groups attached to an aromatic ring is 1. The zero-order valence-corrected chi connectivity index (χ0v) is 14.4. The first-order valence-corrected chi connectivity index (χ1v) is 8.56. The molecule has 0 fully saturated rings. The molecule has 3 aromatic heterocycles. The van der Waals surface area contributed by atoms with Gasteiger partial charge in [-0.2, -0.15) is 10.1 Å². The molecule has 0 bridgehead atoms. The first-order chi connectivity index (χ1) is 11.1. The van der Waals surface area contributed by atoms with Gasteiger partial charge in [0.1, 0.15) is 5.52 Å². The molecule has 0 spiro atoms. The summed E-state index contributed by atoms with van der Waals surface area (Å²) in [6.07, 6.45) is 4.10. The number of nitrogens with two attached hydrogens (primary N) is 1. The summed E-state index contributed by atoms with van der Waals surface area (Å²) < 4.78 is 1.88.